The summed E-state index contributed by atoms with van der Waals surface area (Å²) in [6.45, 7) is 9.08. The Morgan fingerprint density at radius 3 is 2.83 bits per heavy atom. The molecule has 0 aliphatic carbocycles. The van der Waals surface area contributed by atoms with Crippen LogP contribution in [0.5, 0.6) is 0 Å². The number of carbonyl (C=O) groups excluding carboxylic acids is 1. The third-order valence-corrected chi connectivity index (χ3v) is 3.79. The maximum atomic E-state index is 13.1. The van der Waals surface area contributed by atoms with Crippen LogP contribution < -0.4 is 10.6 Å². The number of likely N-dealkylation sites (tertiary alicyclic amines) is 1. The summed E-state index contributed by atoms with van der Waals surface area (Å²) < 4.78 is 13.1. The number of hydrogen-bond donors (Lipinski definition) is 2. The van der Waals surface area contributed by atoms with Gasteiger partial charge in [0.25, 0.3) is 0 Å². The SMILES string of the molecule is CCNC(=NCC(=O)Nc1cccc(F)c1)N1CCC(C)(C)C1. The molecule has 126 valence electrons. The second-order valence-electron chi connectivity index (χ2n) is 6.56. The minimum absolute atomic E-state index is 0.00970. The number of amides is 1. The number of halogens is 1. The van der Waals surface area contributed by atoms with Gasteiger partial charge in [0, 0.05) is 25.3 Å². The van der Waals surface area contributed by atoms with Crippen molar-refractivity contribution in [2.75, 3.05) is 31.5 Å². The number of guanidine groups is 1. The maximum absolute atomic E-state index is 13.1. The lowest BCUT2D eigenvalue weighted by molar-refractivity contribution is -0.114. The van der Waals surface area contributed by atoms with Gasteiger partial charge in [-0.25, -0.2) is 9.38 Å². The van der Waals surface area contributed by atoms with Gasteiger partial charge in [-0.2, -0.15) is 0 Å². The van der Waals surface area contributed by atoms with E-state index in [1.165, 1.54) is 12.1 Å². The lowest BCUT2D eigenvalue weighted by Gasteiger charge is -2.23. The number of nitrogens with zero attached hydrogens (tertiary/aromatic N) is 2. The Morgan fingerprint density at radius 1 is 1.43 bits per heavy atom. The van der Waals surface area contributed by atoms with Crippen molar-refractivity contribution in [1.82, 2.24) is 10.2 Å². The van der Waals surface area contributed by atoms with Crippen molar-refractivity contribution in [3.63, 3.8) is 0 Å². The molecule has 1 saturated heterocycles. The molecule has 1 amide bonds. The average molecular weight is 320 g/mol. The number of hydrogen-bond acceptors (Lipinski definition) is 2. The molecule has 1 aromatic rings. The van der Waals surface area contributed by atoms with E-state index in [1.54, 1.807) is 12.1 Å². The molecule has 0 saturated carbocycles. The molecule has 1 aromatic carbocycles. The molecule has 23 heavy (non-hydrogen) atoms. The summed E-state index contributed by atoms with van der Waals surface area (Å²) in [5.74, 6) is 0.121. The second kappa shape index (κ2) is 7.44. The van der Waals surface area contributed by atoms with Gasteiger partial charge in [0.15, 0.2) is 5.96 Å². The van der Waals surface area contributed by atoms with Gasteiger partial charge in [0.05, 0.1) is 0 Å². The fraction of sp³-hybridized carbons (Fsp3) is 0.529. The van der Waals surface area contributed by atoms with Crippen LogP contribution in [0.4, 0.5) is 10.1 Å². The zero-order valence-corrected chi connectivity index (χ0v) is 14.0. The van der Waals surface area contributed by atoms with Crippen molar-refractivity contribution in [1.29, 1.82) is 0 Å². The number of rotatable bonds is 4. The zero-order valence-electron chi connectivity index (χ0n) is 14.0. The topological polar surface area (TPSA) is 56.7 Å². The molecule has 1 heterocycles. The van der Waals surface area contributed by atoms with Gasteiger partial charge in [-0.1, -0.05) is 19.9 Å². The fourth-order valence-corrected chi connectivity index (χ4v) is 2.63. The van der Waals surface area contributed by atoms with Crippen molar-refractivity contribution < 1.29 is 9.18 Å². The molecule has 1 aliphatic rings. The molecule has 0 spiro atoms. The monoisotopic (exact) mass is 320 g/mol. The van der Waals surface area contributed by atoms with Crippen LogP contribution in [0, 0.1) is 11.2 Å². The van der Waals surface area contributed by atoms with E-state index in [4.69, 9.17) is 0 Å². The standard InChI is InChI=1S/C17H25FN4O/c1-4-19-16(22-9-8-17(2,3)12-22)20-11-15(23)21-14-7-5-6-13(18)10-14/h5-7,10H,4,8-9,11-12H2,1-3H3,(H,19,20)(H,21,23). The Bertz CT molecular complexity index is 586. The van der Waals surface area contributed by atoms with Gasteiger partial charge in [-0.05, 0) is 37.0 Å². The van der Waals surface area contributed by atoms with Crippen LogP contribution in [0.3, 0.4) is 0 Å². The average Bonchev–Trinajstić information content (AvgIpc) is 2.83. The van der Waals surface area contributed by atoms with Gasteiger partial charge in [-0.3, -0.25) is 4.79 Å². The molecule has 5 nitrogen and oxygen atoms in total. The normalized spacial score (nSPS) is 17.2. The summed E-state index contributed by atoms with van der Waals surface area (Å²) >= 11 is 0. The van der Waals surface area contributed by atoms with Crippen molar-refractivity contribution in [2.24, 2.45) is 10.4 Å². The van der Waals surface area contributed by atoms with Gasteiger partial charge in [0.1, 0.15) is 12.4 Å². The highest BCUT2D eigenvalue weighted by molar-refractivity contribution is 5.94. The summed E-state index contributed by atoms with van der Waals surface area (Å²) in [7, 11) is 0. The summed E-state index contributed by atoms with van der Waals surface area (Å²) in [6.07, 6.45) is 1.10. The maximum Gasteiger partial charge on any atom is 0.246 e. The van der Waals surface area contributed by atoms with Gasteiger partial charge in [0.2, 0.25) is 5.91 Å². The van der Waals surface area contributed by atoms with Crippen LogP contribution in [0.25, 0.3) is 0 Å². The molecule has 0 bridgehead atoms. The zero-order chi connectivity index (χ0) is 16.9. The van der Waals surface area contributed by atoms with Crippen LogP contribution in [0.1, 0.15) is 27.2 Å². The van der Waals surface area contributed by atoms with Crippen molar-refractivity contribution in [3.8, 4) is 0 Å². The van der Waals surface area contributed by atoms with Crippen LogP contribution in [-0.4, -0.2) is 42.9 Å². The fourth-order valence-electron chi connectivity index (χ4n) is 2.63. The number of carbonyl (C=O) groups is 1. The highest BCUT2D eigenvalue weighted by atomic mass is 19.1. The predicted molar refractivity (Wildman–Crippen MR) is 91.0 cm³/mol. The van der Waals surface area contributed by atoms with Crippen molar-refractivity contribution in [3.05, 3.63) is 30.1 Å². The molecule has 0 radical (unpaired) electrons. The molecule has 6 heteroatoms. The summed E-state index contributed by atoms with van der Waals surface area (Å²) in [5.41, 5.74) is 0.706. The Labute approximate surface area is 137 Å². The molecule has 1 aliphatic heterocycles. The van der Waals surface area contributed by atoms with E-state index in [1.807, 2.05) is 6.92 Å². The Hall–Kier alpha value is -2.11. The molecule has 0 unspecified atom stereocenters. The number of anilines is 1. The van der Waals surface area contributed by atoms with Crippen LogP contribution >= 0.6 is 0 Å². The number of nitrogens with one attached hydrogen (secondary N) is 2. The van der Waals surface area contributed by atoms with Crippen molar-refractivity contribution in [2.45, 2.75) is 27.2 Å². The predicted octanol–water partition coefficient (Wildman–Crippen LogP) is 2.46. The minimum Gasteiger partial charge on any atom is -0.357 e. The van der Waals surface area contributed by atoms with E-state index in [-0.39, 0.29) is 23.7 Å². The number of benzene rings is 1. The third kappa shape index (κ3) is 5.23. The first-order chi connectivity index (χ1) is 10.9. The Balaban J connectivity index is 1.96. The first-order valence-corrected chi connectivity index (χ1v) is 7.98. The summed E-state index contributed by atoms with van der Waals surface area (Å²) in [5, 5.41) is 5.88. The first-order valence-electron chi connectivity index (χ1n) is 7.98. The van der Waals surface area contributed by atoms with E-state index in [0.29, 0.717) is 5.69 Å². The molecular weight excluding hydrogens is 295 g/mol. The quantitative estimate of drug-likeness (QED) is 0.662. The van der Waals surface area contributed by atoms with Crippen LogP contribution in [0.2, 0.25) is 0 Å². The molecule has 1 fully saturated rings. The van der Waals surface area contributed by atoms with E-state index >= 15 is 0 Å². The first kappa shape index (κ1) is 17.2. The van der Waals surface area contributed by atoms with E-state index in [2.05, 4.69) is 34.4 Å². The van der Waals surface area contributed by atoms with Crippen molar-refractivity contribution >= 4 is 17.6 Å². The highest BCUT2D eigenvalue weighted by Crippen LogP contribution is 2.28. The van der Waals surface area contributed by atoms with Crippen LogP contribution in [0.15, 0.2) is 29.3 Å². The summed E-state index contributed by atoms with van der Waals surface area (Å²) in [4.78, 5) is 18.6. The van der Waals surface area contributed by atoms with E-state index < -0.39 is 0 Å². The van der Waals surface area contributed by atoms with Gasteiger partial charge >= 0.3 is 0 Å². The lowest BCUT2D eigenvalue weighted by Crippen LogP contribution is -2.41. The van der Waals surface area contributed by atoms with Gasteiger partial charge < -0.3 is 15.5 Å². The largest absolute Gasteiger partial charge is 0.357 e. The molecular formula is C17H25FN4O. The molecule has 0 atom stereocenters. The molecule has 2 rings (SSSR count). The smallest absolute Gasteiger partial charge is 0.246 e. The summed E-state index contributed by atoms with van der Waals surface area (Å²) in [6, 6.07) is 5.84. The second-order valence-corrected chi connectivity index (χ2v) is 6.56. The minimum atomic E-state index is -0.376. The number of aliphatic imine (C=N–C) groups is 1. The van der Waals surface area contributed by atoms with Gasteiger partial charge in [-0.15, -0.1) is 0 Å². The highest BCUT2D eigenvalue weighted by Gasteiger charge is 2.30. The lowest BCUT2D eigenvalue weighted by atomic mass is 9.93. The molecule has 0 aromatic heterocycles. The molecule has 2 N–H and O–H groups in total. The van der Waals surface area contributed by atoms with E-state index in [9.17, 15) is 9.18 Å². The third-order valence-electron chi connectivity index (χ3n) is 3.79. The Kier molecular flexibility index (Phi) is 5.58. The van der Waals surface area contributed by atoms with E-state index in [0.717, 1.165) is 32.0 Å². The Morgan fingerprint density at radius 2 is 2.22 bits per heavy atom. The van der Waals surface area contributed by atoms with Crippen LogP contribution in [-0.2, 0) is 4.79 Å².